The Labute approximate surface area is 151 Å². The molecule has 0 aliphatic carbocycles. The summed E-state index contributed by atoms with van der Waals surface area (Å²) in [4.78, 5) is 27.8. The molecule has 0 spiro atoms. The predicted octanol–water partition coefficient (Wildman–Crippen LogP) is 3.30. The third-order valence-electron chi connectivity index (χ3n) is 3.33. The van der Waals surface area contributed by atoms with E-state index < -0.39 is 18.0 Å². The Hall–Kier alpha value is -2.60. The number of rotatable bonds is 6. The molecule has 0 aliphatic heterocycles. The minimum Gasteiger partial charge on any atom is -0.482 e. The third kappa shape index (κ3) is 5.76. The van der Waals surface area contributed by atoms with Gasteiger partial charge < -0.3 is 14.8 Å². The van der Waals surface area contributed by atoms with Crippen LogP contribution in [0, 0.1) is 13.8 Å². The van der Waals surface area contributed by atoms with Crippen molar-refractivity contribution < 1.29 is 19.1 Å². The summed E-state index contributed by atoms with van der Waals surface area (Å²) in [7, 11) is 0. The summed E-state index contributed by atoms with van der Waals surface area (Å²) >= 11 is 5.73. The van der Waals surface area contributed by atoms with Crippen LogP contribution in [-0.4, -0.2) is 29.6 Å². The molecule has 0 radical (unpaired) electrons. The van der Waals surface area contributed by atoms with Crippen LogP contribution in [0.5, 0.6) is 5.75 Å². The number of anilines is 1. The number of carbonyl (C=O) groups excluding carboxylic acids is 2. The topological polar surface area (TPSA) is 77.5 Å². The van der Waals surface area contributed by atoms with Gasteiger partial charge in [0.25, 0.3) is 5.91 Å². The average Bonchev–Trinajstić information content (AvgIpc) is 2.56. The first-order valence-electron chi connectivity index (χ1n) is 7.67. The highest BCUT2D eigenvalue weighted by Crippen LogP contribution is 2.18. The number of aromatic nitrogens is 1. The SMILES string of the molecule is Cc1ccc(OCC(=O)O[C@@H](C)C(=O)Nc2ccc(Cl)cn2)c(C)c1. The number of hydrogen-bond acceptors (Lipinski definition) is 5. The van der Waals surface area contributed by atoms with Gasteiger partial charge in [-0.15, -0.1) is 0 Å². The summed E-state index contributed by atoms with van der Waals surface area (Å²) < 4.78 is 10.5. The zero-order valence-electron chi connectivity index (χ0n) is 14.2. The Bertz CT molecular complexity index is 762. The van der Waals surface area contributed by atoms with E-state index in [1.165, 1.54) is 13.1 Å². The molecular formula is C18H19ClN2O4. The maximum absolute atomic E-state index is 12.0. The van der Waals surface area contributed by atoms with Crippen molar-refractivity contribution in [3.63, 3.8) is 0 Å². The zero-order chi connectivity index (χ0) is 18.4. The maximum Gasteiger partial charge on any atom is 0.344 e. The van der Waals surface area contributed by atoms with Crippen LogP contribution in [0.1, 0.15) is 18.1 Å². The summed E-state index contributed by atoms with van der Waals surface area (Å²) in [5.41, 5.74) is 2.03. The minimum atomic E-state index is -0.979. The summed E-state index contributed by atoms with van der Waals surface area (Å²) in [6.45, 7) is 5.06. The van der Waals surface area contributed by atoms with Gasteiger partial charge in [-0.3, -0.25) is 4.79 Å². The number of amides is 1. The summed E-state index contributed by atoms with van der Waals surface area (Å²) in [6, 6.07) is 8.79. The van der Waals surface area contributed by atoms with Crippen LogP contribution in [0.4, 0.5) is 5.82 Å². The van der Waals surface area contributed by atoms with E-state index in [4.69, 9.17) is 21.1 Å². The molecule has 6 nitrogen and oxygen atoms in total. The normalized spacial score (nSPS) is 11.5. The van der Waals surface area contributed by atoms with Crippen molar-refractivity contribution >= 4 is 29.3 Å². The summed E-state index contributed by atoms with van der Waals surface area (Å²) in [6.07, 6.45) is 0.429. The molecule has 0 bridgehead atoms. The van der Waals surface area contributed by atoms with Gasteiger partial charge in [-0.1, -0.05) is 29.3 Å². The largest absolute Gasteiger partial charge is 0.482 e. The number of carbonyl (C=O) groups is 2. The highest BCUT2D eigenvalue weighted by atomic mass is 35.5. The van der Waals surface area contributed by atoms with Gasteiger partial charge in [-0.05, 0) is 44.5 Å². The lowest BCUT2D eigenvalue weighted by Crippen LogP contribution is -2.32. The van der Waals surface area contributed by atoms with Crippen LogP contribution < -0.4 is 10.1 Å². The maximum atomic E-state index is 12.0. The Kier molecular flexibility index (Phi) is 6.36. The van der Waals surface area contributed by atoms with E-state index in [0.29, 0.717) is 16.6 Å². The number of nitrogens with zero attached hydrogens (tertiary/aromatic N) is 1. The summed E-state index contributed by atoms with van der Waals surface area (Å²) in [5.74, 6) is -0.199. The Morgan fingerprint density at radius 3 is 2.64 bits per heavy atom. The molecule has 0 fully saturated rings. The van der Waals surface area contributed by atoms with E-state index in [-0.39, 0.29) is 6.61 Å². The van der Waals surface area contributed by atoms with Crippen molar-refractivity contribution in [3.05, 3.63) is 52.7 Å². The quantitative estimate of drug-likeness (QED) is 0.798. The first kappa shape index (κ1) is 18.7. The van der Waals surface area contributed by atoms with Gasteiger partial charge in [-0.25, -0.2) is 9.78 Å². The molecule has 1 aromatic carbocycles. The van der Waals surface area contributed by atoms with E-state index in [2.05, 4.69) is 10.3 Å². The van der Waals surface area contributed by atoms with Crippen LogP contribution in [0.25, 0.3) is 0 Å². The summed E-state index contributed by atoms with van der Waals surface area (Å²) in [5, 5.41) is 3.00. The van der Waals surface area contributed by atoms with Crippen molar-refractivity contribution in [3.8, 4) is 5.75 Å². The fourth-order valence-electron chi connectivity index (χ4n) is 2.06. The second-order valence-corrected chi connectivity index (χ2v) is 5.98. The van der Waals surface area contributed by atoms with Gasteiger partial charge in [0, 0.05) is 6.20 Å². The van der Waals surface area contributed by atoms with Crippen molar-refractivity contribution in [1.82, 2.24) is 4.98 Å². The van der Waals surface area contributed by atoms with E-state index >= 15 is 0 Å². The molecule has 2 aromatic rings. The van der Waals surface area contributed by atoms with Gasteiger partial charge in [0.15, 0.2) is 12.7 Å². The Morgan fingerprint density at radius 2 is 2.00 bits per heavy atom. The molecule has 132 valence electrons. The van der Waals surface area contributed by atoms with E-state index in [1.54, 1.807) is 18.2 Å². The molecule has 0 unspecified atom stereocenters. The number of nitrogens with one attached hydrogen (secondary N) is 1. The number of esters is 1. The van der Waals surface area contributed by atoms with Crippen LogP contribution >= 0.6 is 11.6 Å². The predicted molar refractivity (Wildman–Crippen MR) is 94.8 cm³/mol. The highest BCUT2D eigenvalue weighted by Gasteiger charge is 2.19. The molecule has 1 aromatic heterocycles. The van der Waals surface area contributed by atoms with Crippen LogP contribution in [0.15, 0.2) is 36.5 Å². The number of hydrogen-bond donors (Lipinski definition) is 1. The molecular weight excluding hydrogens is 344 g/mol. The van der Waals surface area contributed by atoms with Crippen molar-refractivity contribution in [2.24, 2.45) is 0 Å². The second-order valence-electron chi connectivity index (χ2n) is 5.54. The van der Waals surface area contributed by atoms with E-state index in [9.17, 15) is 9.59 Å². The zero-order valence-corrected chi connectivity index (χ0v) is 15.0. The second kappa shape index (κ2) is 8.48. The number of aryl methyl sites for hydroxylation is 2. The van der Waals surface area contributed by atoms with Gasteiger partial charge >= 0.3 is 5.97 Å². The molecule has 1 atom stereocenters. The molecule has 0 saturated heterocycles. The lowest BCUT2D eigenvalue weighted by atomic mass is 10.1. The molecule has 7 heteroatoms. The number of pyridine rings is 1. The lowest BCUT2D eigenvalue weighted by Gasteiger charge is -2.14. The standard InChI is InChI=1S/C18H19ClN2O4/c1-11-4-6-15(12(2)8-11)24-10-17(22)25-13(3)18(23)21-16-7-5-14(19)9-20-16/h4-9,13H,10H2,1-3H3,(H,20,21,23)/t13-/m0/s1. The smallest absolute Gasteiger partial charge is 0.344 e. The lowest BCUT2D eigenvalue weighted by molar-refractivity contribution is -0.155. The molecule has 25 heavy (non-hydrogen) atoms. The van der Waals surface area contributed by atoms with E-state index in [0.717, 1.165) is 11.1 Å². The Balaban J connectivity index is 1.82. The van der Waals surface area contributed by atoms with Crippen molar-refractivity contribution in [2.45, 2.75) is 26.9 Å². The molecule has 1 amide bonds. The highest BCUT2D eigenvalue weighted by molar-refractivity contribution is 6.30. The third-order valence-corrected chi connectivity index (χ3v) is 3.56. The van der Waals surface area contributed by atoms with Crippen LogP contribution in [0.3, 0.4) is 0 Å². The Morgan fingerprint density at radius 1 is 1.24 bits per heavy atom. The number of halogens is 1. The van der Waals surface area contributed by atoms with Gasteiger partial charge in [0.1, 0.15) is 11.6 Å². The number of ether oxygens (including phenoxy) is 2. The van der Waals surface area contributed by atoms with Gasteiger partial charge in [0.05, 0.1) is 5.02 Å². The van der Waals surface area contributed by atoms with Gasteiger partial charge in [-0.2, -0.15) is 0 Å². The van der Waals surface area contributed by atoms with Crippen LogP contribution in [-0.2, 0) is 14.3 Å². The number of benzene rings is 1. The first-order valence-corrected chi connectivity index (χ1v) is 8.05. The fraction of sp³-hybridized carbons (Fsp3) is 0.278. The first-order chi connectivity index (χ1) is 11.8. The molecule has 1 N–H and O–H groups in total. The molecule has 0 aliphatic rings. The fourth-order valence-corrected chi connectivity index (χ4v) is 2.17. The van der Waals surface area contributed by atoms with Crippen molar-refractivity contribution in [1.29, 1.82) is 0 Å². The molecule has 0 saturated carbocycles. The van der Waals surface area contributed by atoms with E-state index in [1.807, 2.05) is 26.0 Å². The van der Waals surface area contributed by atoms with Crippen LogP contribution in [0.2, 0.25) is 5.02 Å². The monoisotopic (exact) mass is 362 g/mol. The molecule has 2 rings (SSSR count). The van der Waals surface area contributed by atoms with Crippen molar-refractivity contribution in [2.75, 3.05) is 11.9 Å². The minimum absolute atomic E-state index is 0.277. The average molecular weight is 363 g/mol. The van der Waals surface area contributed by atoms with Gasteiger partial charge in [0.2, 0.25) is 0 Å². The molecule has 1 heterocycles.